The number of aryl methyl sites for hydroxylation is 2. The molecule has 0 saturated carbocycles. The minimum absolute atomic E-state index is 0.0192. The Kier molecular flexibility index (Phi) is 3.83. The monoisotopic (exact) mass is 279 g/mol. The zero-order valence-electron chi connectivity index (χ0n) is 12.3. The normalized spacial score (nSPS) is 26.9. The van der Waals surface area contributed by atoms with E-state index in [1.165, 1.54) is 0 Å². The minimum Gasteiger partial charge on any atom is -0.481 e. The van der Waals surface area contributed by atoms with E-state index in [0.717, 1.165) is 11.3 Å². The van der Waals surface area contributed by atoms with Crippen molar-refractivity contribution in [1.29, 1.82) is 0 Å². The molecule has 2 rings (SSSR count). The molecule has 2 heterocycles. The highest BCUT2D eigenvalue weighted by Gasteiger charge is 2.41. The van der Waals surface area contributed by atoms with Crippen molar-refractivity contribution in [3.63, 3.8) is 0 Å². The van der Waals surface area contributed by atoms with Crippen LogP contribution in [0.25, 0.3) is 0 Å². The molecule has 110 valence electrons. The van der Waals surface area contributed by atoms with E-state index in [2.05, 4.69) is 5.10 Å². The van der Waals surface area contributed by atoms with Crippen molar-refractivity contribution in [3.05, 3.63) is 17.5 Å². The summed E-state index contributed by atoms with van der Waals surface area (Å²) in [5.74, 6) is -1.44. The fourth-order valence-electron chi connectivity index (χ4n) is 3.09. The fourth-order valence-corrected chi connectivity index (χ4v) is 3.09. The number of carboxylic acid groups (broad SMARTS) is 1. The average molecular weight is 279 g/mol. The molecule has 1 amide bonds. The van der Waals surface area contributed by atoms with Crippen LogP contribution in [0.2, 0.25) is 0 Å². The van der Waals surface area contributed by atoms with Crippen LogP contribution in [-0.4, -0.2) is 37.7 Å². The summed E-state index contributed by atoms with van der Waals surface area (Å²) < 4.78 is 1.71. The zero-order chi connectivity index (χ0) is 15.0. The largest absolute Gasteiger partial charge is 0.481 e. The smallest absolute Gasteiger partial charge is 0.308 e. The van der Waals surface area contributed by atoms with E-state index in [9.17, 15) is 14.7 Å². The van der Waals surface area contributed by atoms with Crippen LogP contribution < -0.4 is 0 Å². The molecule has 0 radical (unpaired) electrons. The molecule has 1 aromatic heterocycles. The standard InChI is InChI=1S/C14H21N3O3/c1-8-5-12(18)17(10(3)13(8)14(19)20)7-11-6-16(4)15-9(11)2/h6,8,10,13H,5,7H2,1-4H3,(H,19,20). The topological polar surface area (TPSA) is 75.4 Å². The number of hydrogen-bond acceptors (Lipinski definition) is 3. The van der Waals surface area contributed by atoms with Gasteiger partial charge in [-0.25, -0.2) is 0 Å². The molecular formula is C14H21N3O3. The van der Waals surface area contributed by atoms with E-state index in [-0.39, 0.29) is 17.9 Å². The molecule has 0 spiro atoms. The Bertz CT molecular complexity index is 538. The van der Waals surface area contributed by atoms with Crippen LogP contribution in [0.15, 0.2) is 6.20 Å². The SMILES string of the molecule is Cc1nn(C)cc1CN1C(=O)CC(C)C(C(=O)O)C1C. The molecule has 1 N–H and O–H groups in total. The molecule has 1 aliphatic heterocycles. The quantitative estimate of drug-likeness (QED) is 0.901. The lowest BCUT2D eigenvalue weighted by Gasteiger charge is -2.40. The molecular weight excluding hydrogens is 258 g/mol. The summed E-state index contributed by atoms with van der Waals surface area (Å²) in [5, 5.41) is 13.6. The lowest BCUT2D eigenvalue weighted by molar-refractivity contribution is -0.155. The molecule has 1 aromatic rings. The summed E-state index contributed by atoms with van der Waals surface area (Å²) in [5.41, 5.74) is 1.84. The third-order valence-electron chi connectivity index (χ3n) is 4.18. The van der Waals surface area contributed by atoms with Crippen LogP contribution >= 0.6 is 0 Å². The van der Waals surface area contributed by atoms with Crippen molar-refractivity contribution in [3.8, 4) is 0 Å². The summed E-state index contributed by atoms with van der Waals surface area (Å²) in [6.07, 6.45) is 2.17. The molecule has 3 unspecified atom stereocenters. The molecule has 1 fully saturated rings. The first-order valence-corrected chi connectivity index (χ1v) is 6.82. The maximum Gasteiger partial charge on any atom is 0.308 e. The van der Waals surface area contributed by atoms with Crippen LogP contribution in [0.4, 0.5) is 0 Å². The molecule has 0 aliphatic carbocycles. The summed E-state index contributed by atoms with van der Waals surface area (Å²) in [4.78, 5) is 25.3. The summed E-state index contributed by atoms with van der Waals surface area (Å²) in [7, 11) is 1.83. The van der Waals surface area contributed by atoms with Gasteiger partial charge in [-0.3, -0.25) is 14.3 Å². The van der Waals surface area contributed by atoms with Crippen molar-refractivity contribution in [2.45, 2.75) is 39.8 Å². The predicted octanol–water partition coefficient (Wildman–Crippen LogP) is 1.19. The Balaban J connectivity index is 2.23. The summed E-state index contributed by atoms with van der Waals surface area (Å²) in [6.45, 7) is 5.97. The minimum atomic E-state index is -0.828. The third-order valence-corrected chi connectivity index (χ3v) is 4.18. The van der Waals surface area contributed by atoms with Gasteiger partial charge in [0, 0.05) is 37.8 Å². The predicted molar refractivity (Wildman–Crippen MR) is 72.9 cm³/mol. The number of carbonyl (C=O) groups is 2. The number of carboxylic acids is 1. The number of carbonyl (C=O) groups excluding carboxylic acids is 1. The van der Waals surface area contributed by atoms with Crippen molar-refractivity contribution >= 4 is 11.9 Å². The first kappa shape index (κ1) is 14.6. The van der Waals surface area contributed by atoms with E-state index in [1.807, 2.05) is 34.0 Å². The zero-order valence-corrected chi connectivity index (χ0v) is 12.3. The number of nitrogens with zero attached hydrogens (tertiary/aromatic N) is 3. The van der Waals surface area contributed by atoms with Gasteiger partial charge in [0.05, 0.1) is 11.6 Å². The number of rotatable bonds is 3. The first-order valence-electron chi connectivity index (χ1n) is 6.82. The van der Waals surface area contributed by atoms with Crippen molar-refractivity contribution in [1.82, 2.24) is 14.7 Å². The second-order valence-electron chi connectivity index (χ2n) is 5.72. The lowest BCUT2D eigenvalue weighted by Crippen LogP contribution is -2.52. The van der Waals surface area contributed by atoms with Gasteiger partial charge in [-0.15, -0.1) is 0 Å². The van der Waals surface area contributed by atoms with Gasteiger partial charge >= 0.3 is 5.97 Å². The molecule has 0 aromatic carbocycles. The van der Waals surface area contributed by atoms with Gasteiger partial charge in [-0.05, 0) is 19.8 Å². The van der Waals surface area contributed by atoms with Gasteiger partial charge in [0.2, 0.25) is 5.91 Å². The summed E-state index contributed by atoms with van der Waals surface area (Å²) >= 11 is 0. The molecule has 3 atom stereocenters. The number of aromatic nitrogens is 2. The molecule has 0 bridgehead atoms. The molecule has 1 aliphatic rings. The molecule has 20 heavy (non-hydrogen) atoms. The highest BCUT2D eigenvalue weighted by Crippen LogP contribution is 2.31. The molecule has 6 nitrogen and oxygen atoms in total. The van der Waals surface area contributed by atoms with Gasteiger partial charge in [-0.1, -0.05) is 6.92 Å². The van der Waals surface area contributed by atoms with Gasteiger partial charge in [0.15, 0.2) is 0 Å². The van der Waals surface area contributed by atoms with Gasteiger partial charge < -0.3 is 10.0 Å². The van der Waals surface area contributed by atoms with Crippen LogP contribution in [0, 0.1) is 18.8 Å². The molecule has 6 heteroatoms. The van der Waals surface area contributed by atoms with E-state index < -0.39 is 11.9 Å². The third kappa shape index (κ3) is 2.55. The van der Waals surface area contributed by atoms with Crippen LogP contribution in [0.3, 0.4) is 0 Å². The number of amides is 1. The number of likely N-dealkylation sites (tertiary alicyclic amines) is 1. The van der Waals surface area contributed by atoms with Crippen LogP contribution in [0.1, 0.15) is 31.5 Å². The van der Waals surface area contributed by atoms with Crippen molar-refractivity contribution in [2.24, 2.45) is 18.9 Å². The van der Waals surface area contributed by atoms with E-state index in [4.69, 9.17) is 0 Å². The van der Waals surface area contributed by atoms with E-state index in [1.54, 1.807) is 9.58 Å². The van der Waals surface area contributed by atoms with E-state index in [0.29, 0.717) is 13.0 Å². The van der Waals surface area contributed by atoms with Crippen molar-refractivity contribution in [2.75, 3.05) is 0 Å². The highest BCUT2D eigenvalue weighted by atomic mass is 16.4. The lowest BCUT2D eigenvalue weighted by atomic mass is 9.81. The fraction of sp³-hybridized carbons (Fsp3) is 0.643. The maximum atomic E-state index is 12.2. The second-order valence-corrected chi connectivity index (χ2v) is 5.72. The Labute approximate surface area is 118 Å². The first-order chi connectivity index (χ1) is 9.31. The highest BCUT2D eigenvalue weighted by molar-refractivity contribution is 5.81. The van der Waals surface area contributed by atoms with Crippen LogP contribution in [0.5, 0.6) is 0 Å². The Morgan fingerprint density at radius 2 is 2.15 bits per heavy atom. The average Bonchev–Trinajstić information content (AvgIpc) is 2.62. The molecule has 1 saturated heterocycles. The summed E-state index contributed by atoms with van der Waals surface area (Å²) in [6, 6.07) is -0.302. The Morgan fingerprint density at radius 3 is 2.65 bits per heavy atom. The Hall–Kier alpha value is -1.85. The van der Waals surface area contributed by atoms with Crippen molar-refractivity contribution < 1.29 is 14.7 Å². The van der Waals surface area contributed by atoms with Crippen LogP contribution in [-0.2, 0) is 23.2 Å². The Morgan fingerprint density at radius 1 is 1.50 bits per heavy atom. The van der Waals surface area contributed by atoms with Gasteiger partial charge in [0.1, 0.15) is 0 Å². The number of piperidine rings is 1. The number of hydrogen-bond donors (Lipinski definition) is 1. The maximum absolute atomic E-state index is 12.2. The number of aliphatic carboxylic acids is 1. The van der Waals surface area contributed by atoms with E-state index >= 15 is 0 Å². The van der Waals surface area contributed by atoms with Gasteiger partial charge in [0.25, 0.3) is 0 Å². The van der Waals surface area contributed by atoms with Gasteiger partial charge in [-0.2, -0.15) is 5.10 Å². The second kappa shape index (κ2) is 5.26.